The third-order valence-corrected chi connectivity index (χ3v) is 4.37. The van der Waals surface area contributed by atoms with E-state index in [0.717, 1.165) is 18.0 Å². The molecule has 1 aliphatic heterocycles. The number of hydrogen-bond donors (Lipinski definition) is 0. The van der Waals surface area contributed by atoms with Gasteiger partial charge in [0.2, 0.25) is 5.95 Å². The molecule has 102 valence electrons. The maximum absolute atomic E-state index is 4.83. The van der Waals surface area contributed by atoms with E-state index in [4.69, 9.17) is 4.98 Å². The molecule has 19 heavy (non-hydrogen) atoms. The first kappa shape index (κ1) is 13.0. The van der Waals surface area contributed by atoms with Gasteiger partial charge in [0.25, 0.3) is 0 Å². The van der Waals surface area contributed by atoms with E-state index in [9.17, 15) is 0 Å². The number of imidazole rings is 1. The average molecular weight is 322 g/mol. The average Bonchev–Trinajstić information content (AvgIpc) is 2.94. The molecule has 0 radical (unpaired) electrons. The minimum atomic E-state index is 0.563. The van der Waals surface area contributed by atoms with Crippen molar-refractivity contribution in [1.82, 2.24) is 9.55 Å². The number of alkyl halides is 1. The SMILES string of the molecule is CC(Br)CC1CCCN1c1nc2ccccc2n1C. The zero-order valence-electron chi connectivity index (χ0n) is 11.5. The highest BCUT2D eigenvalue weighted by Gasteiger charge is 2.28. The summed E-state index contributed by atoms with van der Waals surface area (Å²) in [7, 11) is 2.12. The largest absolute Gasteiger partial charge is 0.339 e. The van der Waals surface area contributed by atoms with Crippen LogP contribution in [0.3, 0.4) is 0 Å². The molecule has 0 spiro atoms. The van der Waals surface area contributed by atoms with E-state index < -0.39 is 0 Å². The molecular formula is C15H20BrN3. The summed E-state index contributed by atoms with van der Waals surface area (Å²) in [5.41, 5.74) is 2.31. The Balaban J connectivity index is 1.97. The van der Waals surface area contributed by atoms with Crippen molar-refractivity contribution >= 4 is 32.9 Å². The summed E-state index contributed by atoms with van der Waals surface area (Å²) in [5.74, 6) is 1.12. The quantitative estimate of drug-likeness (QED) is 0.803. The standard InChI is InChI=1S/C15H20BrN3/c1-11(16)10-12-6-5-9-19(12)15-17-13-7-3-4-8-14(13)18(15)2/h3-4,7-8,11-12H,5-6,9-10H2,1-2H3. The molecule has 2 heterocycles. The number of benzene rings is 1. The van der Waals surface area contributed by atoms with Gasteiger partial charge in [0.1, 0.15) is 0 Å². The summed E-state index contributed by atoms with van der Waals surface area (Å²) in [6.07, 6.45) is 3.73. The van der Waals surface area contributed by atoms with E-state index in [0.29, 0.717) is 10.9 Å². The molecule has 2 unspecified atom stereocenters. The third-order valence-electron chi connectivity index (χ3n) is 3.99. The highest BCUT2D eigenvalue weighted by molar-refractivity contribution is 9.09. The molecule has 2 atom stereocenters. The molecule has 3 nitrogen and oxygen atoms in total. The summed E-state index contributed by atoms with van der Waals surface area (Å²) in [5, 5.41) is 0. The fraction of sp³-hybridized carbons (Fsp3) is 0.533. The molecule has 0 amide bonds. The molecule has 0 saturated carbocycles. The van der Waals surface area contributed by atoms with E-state index in [-0.39, 0.29) is 0 Å². The second-order valence-corrected chi connectivity index (χ2v) is 7.03. The Kier molecular flexibility index (Phi) is 3.52. The van der Waals surface area contributed by atoms with E-state index in [1.165, 1.54) is 24.8 Å². The molecule has 1 aromatic carbocycles. The predicted molar refractivity (Wildman–Crippen MR) is 84.1 cm³/mol. The van der Waals surface area contributed by atoms with Crippen LogP contribution in [0.25, 0.3) is 11.0 Å². The highest BCUT2D eigenvalue weighted by atomic mass is 79.9. The zero-order chi connectivity index (χ0) is 13.4. The number of halogens is 1. The second kappa shape index (κ2) is 5.16. The number of aromatic nitrogens is 2. The van der Waals surface area contributed by atoms with Crippen molar-refractivity contribution in [2.24, 2.45) is 7.05 Å². The van der Waals surface area contributed by atoms with Gasteiger partial charge in [-0.1, -0.05) is 35.0 Å². The van der Waals surface area contributed by atoms with Gasteiger partial charge < -0.3 is 9.47 Å². The molecular weight excluding hydrogens is 302 g/mol. The number of nitrogens with zero attached hydrogens (tertiary/aromatic N) is 3. The van der Waals surface area contributed by atoms with Crippen molar-refractivity contribution in [2.45, 2.75) is 37.1 Å². The lowest BCUT2D eigenvalue weighted by Gasteiger charge is -2.26. The van der Waals surface area contributed by atoms with Gasteiger partial charge >= 0.3 is 0 Å². The van der Waals surface area contributed by atoms with Crippen LogP contribution < -0.4 is 4.90 Å². The van der Waals surface area contributed by atoms with Gasteiger partial charge in [0, 0.05) is 24.5 Å². The summed E-state index contributed by atoms with van der Waals surface area (Å²) < 4.78 is 2.23. The van der Waals surface area contributed by atoms with Gasteiger partial charge in [-0.3, -0.25) is 0 Å². The van der Waals surface area contributed by atoms with E-state index in [2.05, 4.69) is 63.6 Å². The van der Waals surface area contributed by atoms with Gasteiger partial charge in [0.15, 0.2) is 0 Å². The Labute approximate surface area is 122 Å². The van der Waals surface area contributed by atoms with Gasteiger partial charge in [-0.25, -0.2) is 4.98 Å². The van der Waals surface area contributed by atoms with E-state index >= 15 is 0 Å². The van der Waals surface area contributed by atoms with Crippen LogP contribution in [0, 0.1) is 0 Å². The molecule has 0 N–H and O–H groups in total. The third kappa shape index (κ3) is 2.38. The summed E-state index contributed by atoms with van der Waals surface area (Å²) in [4.78, 5) is 7.87. The van der Waals surface area contributed by atoms with Crippen LogP contribution in [0.2, 0.25) is 0 Å². The summed E-state index contributed by atoms with van der Waals surface area (Å²) >= 11 is 3.68. The van der Waals surface area contributed by atoms with Gasteiger partial charge in [-0.15, -0.1) is 0 Å². The zero-order valence-corrected chi connectivity index (χ0v) is 13.1. The first-order valence-corrected chi connectivity index (χ1v) is 7.90. The molecule has 1 fully saturated rings. The molecule has 1 saturated heterocycles. The Hall–Kier alpha value is -1.03. The molecule has 1 aromatic heterocycles. The molecule has 3 rings (SSSR count). The number of para-hydroxylation sites is 2. The molecule has 1 aliphatic rings. The lowest BCUT2D eigenvalue weighted by Crippen LogP contribution is -2.32. The van der Waals surface area contributed by atoms with Crippen molar-refractivity contribution in [3.8, 4) is 0 Å². The minimum absolute atomic E-state index is 0.563. The number of anilines is 1. The Morgan fingerprint density at radius 3 is 2.95 bits per heavy atom. The van der Waals surface area contributed by atoms with Crippen LogP contribution in [0.5, 0.6) is 0 Å². The first-order valence-electron chi connectivity index (χ1n) is 6.99. The molecule has 0 aliphatic carbocycles. The van der Waals surface area contributed by atoms with Crippen LogP contribution in [-0.2, 0) is 7.05 Å². The number of fused-ring (bicyclic) bond motifs is 1. The van der Waals surface area contributed by atoms with Gasteiger partial charge in [0.05, 0.1) is 11.0 Å². The molecule has 0 bridgehead atoms. The second-order valence-electron chi connectivity index (χ2n) is 5.47. The maximum atomic E-state index is 4.83. The topological polar surface area (TPSA) is 21.1 Å². The van der Waals surface area contributed by atoms with E-state index in [1.807, 2.05) is 0 Å². The fourth-order valence-electron chi connectivity index (χ4n) is 3.11. The maximum Gasteiger partial charge on any atom is 0.206 e. The van der Waals surface area contributed by atoms with Crippen LogP contribution in [0.4, 0.5) is 5.95 Å². The Morgan fingerprint density at radius 1 is 1.42 bits per heavy atom. The minimum Gasteiger partial charge on any atom is -0.339 e. The van der Waals surface area contributed by atoms with Gasteiger partial charge in [-0.05, 0) is 31.4 Å². The predicted octanol–water partition coefficient (Wildman–Crippen LogP) is 3.72. The first-order chi connectivity index (χ1) is 9.16. The fourth-order valence-corrected chi connectivity index (χ4v) is 3.54. The van der Waals surface area contributed by atoms with Crippen LogP contribution >= 0.6 is 15.9 Å². The van der Waals surface area contributed by atoms with Crippen molar-refractivity contribution in [3.63, 3.8) is 0 Å². The van der Waals surface area contributed by atoms with Crippen molar-refractivity contribution in [3.05, 3.63) is 24.3 Å². The number of hydrogen-bond acceptors (Lipinski definition) is 2. The molecule has 4 heteroatoms. The van der Waals surface area contributed by atoms with Crippen molar-refractivity contribution < 1.29 is 0 Å². The normalized spacial score (nSPS) is 21.2. The lowest BCUT2D eigenvalue weighted by atomic mass is 10.1. The van der Waals surface area contributed by atoms with Crippen LogP contribution in [0.15, 0.2) is 24.3 Å². The van der Waals surface area contributed by atoms with E-state index in [1.54, 1.807) is 0 Å². The Morgan fingerprint density at radius 2 is 2.21 bits per heavy atom. The van der Waals surface area contributed by atoms with Crippen LogP contribution in [-0.4, -0.2) is 27.0 Å². The number of aryl methyl sites for hydroxylation is 1. The van der Waals surface area contributed by atoms with Crippen molar-refractivity contribution in [1.29, 1.82) is 0 Å². The monoisotopic (exact) mass is 321 g/mol. The van der Waals surface area contributed by atoms with Gasteiger partial charge in [-0.2, -0.15) is 0 Å². The Bertz CT molecular complexity index is 576. The van der Waals surface area contributed by atoms with Crippen LogP contribution in [0.1, 0.15) is 26.2 Å². The smallest absolute Gasteiger partial charge is 0.206 e. The summed E-state index contributed by atoms with van der Waals surface area (Å²) in [6, 6.07) is 8.99. The summed E-state index contributed by atoms with van der Waals surface area (Å²) in [6.45, 7) is 3.35. The highest BCUT2D eigenvalue weighted by Crippen LogP contribution is 2.30. The number of rotatable bonds is 3. The van der Waals surface area contributed by atoms with Crippen molar-refractivity contribution in [2.75, 3.05) is 11.4 Å². The molecule has 2 aromatic rings. The lowest BCUT2D eigenvalue weighted by molar-refractivity contribution is 0.598.